The number of fused-ring (bicyclic) bond motifs is 1. The van der Waals surface area contributed by atoms with Gasteiger partial charge in [-0.1, -0.05) is 0 Å². The molecule has 4 nitrogen and oxygen atoms in total. The second-order valence-corrected chi connectivity index (χ2v) is 6.83. The van der Waals surface area contributed by atoms with E-state index in [0.29, 0.717) is 24.5 Å². The quantitative estimate of drug-likeness (QED) is 0.441. The smallest absolute Gasteiger partial charge is 0.433 e. The van der Waals surface area contributed by atoms with Gasteiger partial charge in [-0.3, -0.25) is 4.98 Å². The zero-order chi connectivity index (χ0) is 20.6. The number of nitrogens with zero attached hydrogens (tertiary/aromatic N) is 2. The van der Waals surface area contributed by atoms with E-state index in [0.717, 1.165) is 16.8 Å². The number of rotatable bonds is 5. The van der Waals surface area contributed by atoms with E-state index in [9.17, 15) is 22.0 Å². The van der Waals surface area contributed by atoms with Crippen LogP contribution in [0.1, 0.15) is 24.1 Å². The summed E-state index contributed by atoms with van der Waals surface area (Å²) in [6.07, 6.45) is -0.621. The van der Waals surface area contributed by atoms with Crippen LogP contribution in [0.3, 0.4) is 0 Å². The van der Waals surface area contributed by atoms with Crippen molar-refractivity contribution in [3.8, 4) is 5.75 Å². The molecule has 3 aromatic rings. The standard InChI is InChI=1S/C20H16F5N3O.ClH/c21-14-2-1-11-9-26-8-7-12(11)13(14)10-27-15-3-4-16(15)29-17-5-6-18(20(23,24)25)28-19(17)22;/h1-2,5-9,15-16,27H,3-4,10H2;1H/t15-,16-;/m1./s1. The largest absolute Gasteiger partial charge is 0.484 e. The van der Waals surface area contributed by atoms with Crippen LogP contribution in [0.2, 0.25) is 0 Å². The normalized spacial score (nSPS) is 18.6. The van der Waals surface area contributed by atoms with Gasteiger partial charge >= 0.3 is 6.18 Å². The fraction of sp³-hybridized carbons (Fsp3) is 0.300. The summed E-state index contributed by atoms with van der Waals surface area (Å²) in [7, 11) is 0. The Kier molecular flexibility index (Phi) is 6.42. The number of hydrogen-bond donors (Lipinski definition) is 1. The van der Waals surface area contributed by atoms with E-state index in [2.05, 4.69) is 15.3 Å². The first kappa shape index (κ1) is 22.2. The van der Waals surface area contributed by atoms with Crippen LogP contribution in [0.4, 0.5) is 22.0 Å². The van der Waals surface area contributed by atoms with Crippen molar-refractivity contribution in [2.45, 2.75) is 37.7 Å². The molecule has 2 atom stereocenters. The number of ether oxygens (including phenoxy) is 1. The van der Waals surface area contributed by atoms with Gasteiger partial charge in [-0.2, -0.15) is 17.6 Å². The minimum absolute atomic E-state index is 0. The number of pyridine rings is 2. The molecule has 0 aliphatic heterocycles. The predicted molar refractivity (Wildman–Crippen MR) is 102 cm³/mol. The number of alkyl halides is 3. The average Bonchev–Trinajstić information content (AvgIpc) is 2.67. The first-order valence-electron chi connectivity index (χ1n) is 8.98. The molecule has 0 radical (unpaired) electrons. The van der Waals surface area contributed by atoms with Gasteiger partial charge in [0.25, 0.3) is 5.95 Å². The molecule has 2 aromatic heterocycles. The molecule has 4 rings (SSSR count). The molecule has 1 fully saturated rings. The van der Waals surface area contributed by atoms with Gasteiger partial charge in [0.1, 0.15) is 17.6 Å². The Morgan fingerprint density at radius 1 is 1.07 bits per heavy atom. The summed E-state index contributed by atoms with van der Waals surface area (Å²) in [5.41, 5.74) is -0.829. The van der Waals surface area contributed by atoms with Crippen LogP contribution in [0.15, 0.2) is 42.7 Å². The van der Waals surface area contributed by atoms with Gasteiger partial charge in [0.05, 0.1) is 0 Å². The van der Waals surface area contributed by atoms with E-state index < -0.39 is 23.9 Å². The van der Waals surface area contributed by atoms with Crippen molar-refractivity contribution in [3.63, 3.8) is 0 Å². The molecular weight excluding hydrogens is 429 g/mol. The third kappa shape index (κ3) is 4.46. The number of nitrogens with one attached hydrogen (secondary N) is 1. The van der Waals surface area contributed by atoms with Crippen molar-refractivity contribution < 1.29 is 26.7 Å². The third-order valence-corrected chi connectivity index (χ3v) is 5.01. The second-order valence-electron chi connectivity index (χ2n) is 6.83. The molecule has 0 bridgehead atoms. The first-order valence-corrected chi connectivity index (χ1v) is 8.98. The van der Waals surface area contributed by atoms with Crippen molar-refractivity contribution in [2.75, 3.05) is 0 Å². The van der Waals surface area contributed by atoms with E-state index >= 15 is 0 Å². The summed E-state index contributed by atoms with van der Waals surface area (Å²) in [6, 6.07) is 6.17. The molecule has 30 heavy (non-hydrogen) atoms. The lowest BCUT2D eigenvalue weighted by Crippen LogP contribution is -2.50. The highest BCUT2D eigenvalue weighted by atomic mass is 35.5. The molecule has 1 saturated carbocycles. The topological polar surface area (TPSA) is 47.0 Å². The average molecular weight is 446 g/mol. The van der Waals surface area contributed by atoms with Gasteiger partial charge in [0.15, 0.2) is 5.75 Å². The third-order valence-electron chi connectivity index (χ3n) is 5.01. The number of hydrogen-bond acceptors (Lipinski definition) is 4. The lowest BCUT2D eigenvalue weighted by atomic mass is 9.88. The summed E-state index contributed by atoms with van der Waals surface area (Å²) < 4.78 is 71.4. The summed E-state index contributed by atoms with van der Waals surface area (Å²) in [5, 5.41) is 4.73. The van der Waals surface area contributed by atoms with Crippen LogP contribution in [-0.4, -0.2) is 22.1 Å². The second kappa shape index (κ2) is 8.69. The minimum Gasteiger partial charge on any atom is -0.484 e. The van der Waals surface area contributed by atoms with Gasteiger partial charge in [-0.05, 0) is 48.6 Å². The Balaban J connectivity index is 0.00000256. The molecule has 0 unspecified atom stereocenters. The molecular formula is C20H17ClF5N3O. The Bertz CT molecular complexity index is 1050. The van der Waals surface area contributed by atoms with Gasteiger partial charge in [-0.15, -0.1) is 12.4 Å². The van der Waals surface area contributed by atoms with E-state index in [-0.39, 0.29) is 36.6 Å². The maximum Gasteiger partial charge on any atom is 0.433 e. The number of benzene rings is 1. The van der Waals surface area contributed by atoms with Crippen LogP contribution in [0.25, 0.3) is 10.8 Å². The molecule has 2 heterocycles. The van der Waals surface area contributed by atoms with Gasteiger partial charge in [0, 0.05) is 35.9 Å². The highest BCUT2D eigenvalue weighted by Crippen LogP contribution is 2.32. The Morgan fingerprint density at radius 2 is 1.87 bits per heavy atom. The van der Waals surface area contributed by atoms with Crippen LogP contribution in [-0.2, 0) is 12.7 Å². The van der Waals surface area contributed by atoms with E-state index in [1.165, 1.54) is 6.07 Å². The molecule has 10 heteroatoms. The van der Waals surface area contributed by atoms with Crippen molar-refractivity contribution in [1.82, 2.24) is 15.3 Å². The minimum atomic E-state index is -4.72. The van der Waals surface area contributed by atoms with Crippen LogP contribution in [0.5, 0.6) is 5.75 Å². The Labute approximate surface area is 174 Å². The zero-order valence-corrected chi connectivity index (χ0v) is 16.2. The van der Waals surface area contributed by atoms with Gasteiger partial charge in [-0.25, -0.2) is 9.37 Å². The van der Waals surface area contributed by atoms with E-state index in [1.807, 2.05) is 0 Å². The van der Waals surface area contributed by atoms with Gasteiger partial charge in [0.2, 0.25) is 0 Å². The maximum atomic E-state index is 14.3. The van der Waals surface area contributed by atoms with Crippen LogP contribution >= 0.6 is 12.4 Å². The predicted octanol–water partition coefficient (Wildman–Crippen LogP) is 5.05. The molecule has 0 amide bonds. The lowest BCUT2D eigenvalue weighted by molar-refractivity contribution is -0.141. The molecule has 160 valence electrons. The highest BCUT2D eigenvalue weighted by Gasteiger charge is 2.36. The maximum absolute atomic E-state index is 14.3. The van der Waals surface area contributed by atoms with Crippen molar-refractivity contribution >= 4 is 23.2 Å². The SMILES string of the molecule is Cl.Fc1ccc2cnccc2c1CN[C@@H]1CC[C@H]1Oc1ccc(C(F)(F)F)nc1F. The summed E-state index contributed by atoms with van der Waals surface area (Å²) in [4.78, 5) is 6.95. The van der Waals surface area contributed by atoms with E-state index in [1.54, 1.807) is 24.5 Å². The first-order chi connectivity index (χ1) is 13.8. The summed E-state index contributed by atoms with van der Waals surface area (Å²) in [6.45, 7) is 0.228. The van der Waals surface area contributed by atoms with Crippen molar-refractivity contribution in [1.29, 1.82) is 0 Å². The molecule has 1 aliphatic rings. The summed E-state index contributed by atoms with van der Waals surface area (Å²) in [5.74, 6) is -2.00. The lowest BCUT2D eigenvalue weighted by Gasteiger charge is -2.37. The fourth-order valence-electron chi connectivity index (χ4n) is 3.29. The molecule has 1 aromatic carbocycles. The van der Waals surface area contributed by atoms with Crippen molar-refractivity contribution in [3.05, 3.63) is 65.7 Å². The van der Waals surface area contributed by atoms with Crippen molar-refractivity contribution in [2.24, 2.45) is 0 Å². The number of halogens is 6. The van der Waals surface area contributed by atoms with E-state index in [4.69, 9.17) is 4.74 Å². The monoisotopic (exact) mass is 445 g/mol. The molecule has 0 spiro atoms. The number of aromatic nitrogens is 2. The van der Waals surface area contributed by atoms with Crippen LogP contribution in [0, 0.1) is 11.8 Å². The molecule has 1 aliphatic carbocycles. The van der Waals surface area contributed by atoms with Crippen LogP contribution < -0.4 is 10.1 Å². The zero-order valence-electron chi connectivity index (χ0n) is 15.4. The molecule has 1 N–H and O–H groups in total. The van der Waals surface area contributed by atoms with Gasteiger partial charge < -0.3 is 10.1 Å². The Hall–Kier alpha value is -2.52. The molecule has 0 saturated heterocycles. The highest BCUT2D eigenvalue weighted by molar-refractivity contribution is 5.85. The summed E-state index contributed by atoms with van der Waals surface area (Å²) >= 11 is 0. The Morgan fingerprint density at radius 3 is 2.53 bits per heavy atom. The fourth-order valence-corrected chi connectivity index (χ4v) is 3.29.